The van der Waals surface area contributed by atoms with Crippen LogP contribution in [0.3, 0.4) is 0 Å². The summed E-state index contributed by atoms with van der Waals surface area (Å²) >= 11 is 5.87. The van der Waals surface area contributed by atoms with E-state index in [2.05, 4.69) is 16.9 Å². The zero-order chi connectivity index (χ0) is 11.5. The zero-order valence-electron chi connectivity index (χ0n) is 9.00. The Hall–Kier alpha value is -1.48. The van der Waals surface area contributed by atoms with Crippen LogP contribution < -0.4 is 0 Å². The van der Waals surface area contributed by atoms with Crippen molar-refractivity contribution >= 4 is 28.7 Å². The summed E-state index contributed by atoms with van der Waals surface area (Å²) in [5.74, 6) is 0.136. The van der Waals surface area contributed by atoms with E-state index in [0.717, 1.165) is 29.4 Å². The van der Waals surface area contributed by atoms with Gasteiger partial charge in [-0.25, -0.2) is 0 Å². The number of aliphatic imine (C=N–C) groups is 1. The molecule has 0 spiro atoms. The van der Waals surface area contributed by atoms with Gasteiger partial charge in [0.05, 0.1) is 11.1 Å². The predicted octanol–water partition coefficient (Wildman–Crippen LogP) is 3.36. The van der Waals surface area contributed by atoms with Crippen LogP contribution in [0.2, 0.25) is 5.02 Å². The highest BCUT2D eigenvalue weighted by atomic mass is 35.5. The lowest BCUT2D eigenvalue weighted by molar-refractivity contribution is 0.457. The molecule has 0 amide bonds. The molecule has 3 nitrogen and oxygen atoms in total. The van der Waals surface area contributed by atoms with Gasteiger partial charge >= 0.3 is 0 Å². The van der Waals surface area contributed by atoms with Crippen molar-refractivity contribution in [1.29, 1.82) is 0 Å². The summed E-state index contributed by atoms with van der Waals surface area (Å²) in [7, 11) is 0. The molecule has 0 atom stereocenters. The maximum absolute atomic E-state index is 9.73. The van der Waals surface area contributed by atoms with Gasteiger partial charge in [-0.2, -0.15) is 0 Å². The molecular formula is C12H13ClN2O. The Morgan fingerprint density at radius 1 is 1.50 bits per heavy atom. The van der Waals surface area contributed by atoms with Gasteiger partial charge in [-0.1, -0.05) is 24.6 Å². The minimum atomic E-state index is 0.136. The van der Waals surface area contributed by atoms with E-state index in [-0.39, 0.29) is 5.88 Å². The molecule has 1 aromatic carbocycles. The summed E-state index contributed by atoms with van der Waals surface area (Å²) < 4.78 is 0. The number of H-pyrrole nitrogens is 1. The van der Waals surface area contributed by atoms with Crippen molar-refractivity contribution in [3.63, 3.8) is 0 Å². The first kappa shape index (κ1) is 11.0. The number of halogens is 1. The second-order valence-corrected chi connectivity index (χ2v) is 4.05. The second kappa shape index (κ2) is 4.58. The molecule has 0 saturated carbocycles. The number of aromatic nitrogens is 1. The number of fused-ring (bicyclic) bond motifs is 1. The average molecular weight is 237 g/mol. The quantitative estimate of drug-likeness (QED) is 0.789. The van der Waals surface area contributed by atoms with Gasteiger partial charge in [0.15, 0.2) is 5.88 Å². The molecular weight excluding hydrogens is 224 g/mol. The lowest BCUT2D eigenvalue weighted by atomic mass is 10.2. The fourth-order valence-corrected chi connectivity index (χ4v) is 1.76. The Labute approximate surface area is 98.8 Å². The van der Waals surface area contributed by atoms with E-state index < -0.39 is 0 Å². The maximum Gasteiger partial charge on any atom is 0.198 e. The van der Waals surface area contributed by atoms with Crippen molar-refractivity contribution in [2.75, 3.05) is 6.54 Å². The Kier molecular flexibility index (Phi) is 3.15. The maximum atomic E-state index is 9.73. The fraction of sp³-hybridized carbons (Fsp3) is 0.250. The lowest BCUT2D eigenvalue weighted by Crippen LogP contribution is -1.82. The number of nitrogens with zero attached hydrogens (tertiary/aromatic N) is 1. The number of aromatic amines is 1. The van der Waals surface area contributed by atoms with Crippen LogP contribution in [0, 0.1) is 0 Å². The van der Waals surface area contributed by atoms with Gasteiger partial charge in [0.1, 0.15) is 0 Å². The van der Waals surface area contributed by atoms with Crippen molar-refractivity contribution in [2.24, 2.45) is 4.99 Å². The van der Waals surface area contributed by atoms with Crippen LogP contribution in [-0.4, -0.2) is 22.8 Å². The van der Waals surface area contributed by atoms with E-state index in [0.29, 0.717) is 5.02 Å². The molecule has 0 fully saturated rings. The molecule has 0 aliphatic carbocycles. The van der Waals surface area contributed by atoms with Gasteiger partial charge in [-0.15, -0.1) is 0 Å². The van der Waals surface area contributed by atoms with Crippen LogP contribution in [0.15, 0.2) is 23.2 Å². The van der Waals surface area contributed by atoms with E-state index in [4.69, 9.17) is 11.6 Å². The molecule has 0 aliphatic heterocycles. The van der Waals surface area contributed by atoms with Gasteiger partial charge in [0.25, 0.3) is 0 Å². The Balaban J connectivity index is 2.48. The fourth-order valence-electron chi connectivity index (χ4n) is 1.59. The summed E-state index contributed by atoms with van der Waals surface area (Å²) in [6.07, 6.45) is 2.69. The van der Waals surface area contributed by atoms with E-state index >= 15 is 0 Å². The predicted molar refractivity (Wildman–Crippen MR) is 67.7 cm³/mol. The van der Waals surface area contributed by atoms with Gasteiger partial charge in [-0.3, -0.25) is 4.99 Å². The number of benzene rings is 1. The van der Waals surface area contributed by atoms with E-state index in [1.165, 1.54) is 0 Å². The number of nitrogens with one attached hydrogen (secondary N) is 1. The van der Waals surface area contributed by atoms with Crippen LogP contribution in [0.4, 0.5) is 0 Å². The van der Waals surface area contributed by atoms with E-state index in [1.54, 1.807) is 18.3 Å². The highest BCUT2D eigenvalue weighted by Gasteiger charge is 2.08. The average Bonchev–Trinajstić information content (AvgIpc) is 2.55. The van der Waals surface area contributed by atoms with Crippen molar-refractivity contribution < 1.29 is 5.11 Å². The third-order valence-electron chi connectivity index (χ3n) is 2.35. The van der Waals surface area contributed by atoms with Crippen molar-refractivity contribution in [3.8, 4) is 5.88 Å². The van der Waals surface area contributed by atoms with E-state index in [9.17, 15) is 5.11 Å². The smallest absolute Gasteiger partial charge is 0.198 e. The highest BCUT2D eigenvalue weighted by molar-refractivity contribution is 6.31. The van der Waals surface area contributed by atoms with Gasteiger partial charge in [-0.05, 0) is 18.6 Å². The van der Waals surface area contributed by atoms with E-state index in [1.807, 2.05) is 6.07 Å². The summed E-state index contributed by atoms with van der Waals surface area (Å²) in [6.45, 7) is 2.83. The minimum Gasteiger partial charge on any atom is -0.494 e. The SMILES string of the molecule is CCCN=Cc1c(O)[nH]c2cc(Cl)ccc12. The van der Waals surface area contributed by atoms with Gasteiger partial charge in [0.2, 0.25) is 0 Å². The largest absolute Gasteiger partial charge is 0.494 e. The normalized spacial score (nSPS) is 11.6. The molecule has 16 heavy (non-hydrogen) atoms. The first-order chi connectivity index (χ1) is 7.72. The van der Waals surface area contributed by atoms with Gasteiger partial charge in [0, 0.05) is 23.2 Å². The molecule has 2 rings (SSSR count). The van der Waals surface area contributed by atoms with Crippen LogP contribution in [0.1, 0.15) is 18.9 Å². The number of aromatic hydroxyl groups is 1. The molecule has 1 heterocycles. The third kappa shape index (κ3) is 2.04. The molecule has 0 unspecified atom stereocenters. The monoisotopic (exact) mass is 236 g/mol. The molecule has 2 aromatic rings. The summed E-state index contributed by atoms with van der Waals surface area (Å²) in [5, 5.41) is 11.3. The Morgan fingerprint density at radius 3 is 3.06 bits per heavy atom. The Morgan fingerprint density at radius 2 is 2.31 bits per heavy atom. The first-order valence-electron chi connectivity index (χ1n) is 5.22. The molecule has 0 radical (unpaired) electrons. The summed E-state index contributed by atoms with van der Waals surface area (Å²) in [4.78, 5) is 7.10. The van der Waals surface area contributed by atoms with Crippen LogP contribution in [0.25, 0.3) is 10.9 Å². The van der Waals surface area contributed by atoms with Crippen LogP contribution in [0.5, 0.6) is 5.88 Å². The zero-order valence-corrected chi connectivity index (χ0v) is 9.75. The van der Waals surface area contributed by atoms with Crippen molar-refractivity contribution in [3.05, 3.63) is 28.8 Å². The van der Waals surface area contributed by atoms with Crippen LogP contribution >= 0.6 is 11.6 Å². The summed E-state index contributed by atoms with van der Waals surface area (Å²) in [6, 6.07) is 5.46. The topological polar surface area (TPSA) is 48.4 Å². The van der Waals surface area contributed by atoms with Crippen LogP contribution in [-0.2, 0) is 0 Å². The third-order valence-corrected chi connectivity index (χ3v) is 2.59. The molecule has 0 aliphatic rings. The Bertz CT molecular complexity index is 531. The highest BCUT2D eigenvalue weighted by Crippen LogP contribution is 2.27. The molecule has 84 valence electrons. The summed E-state index contributed by atoms with van der Waals surface area (Å²) in [5.41, 5.74) is 1.54. The molecule has 4 heteroatoms. The molecule has 1 aromatic heterocycles. The standard InChI is InChI=1S/C12H13ClN2O/c1-2-5-14-7-10-9-4-3-8(13)6-11(9)15-12(10)16/h3-4,6-7,15-16H,2,5H2,1H3. The lowest BCUT2D eigenvalue weighted by Gasteiger charge is -1.93. The molecule has 2 N–H and O–H groups in total. The second-order valence-electron chi connectivity index (χ2n) is 3.61. The molecule has 0 saturated heterocycles. The molecule has 0 bridgehead atoms. The minimum absolute atomic E-state index is 0.136. The van der Waals surface area contributed by atoms with Crippen molar-refractivity contribution in [1.82, 2.24) is 4.98 Å². The number of hydrogen-bond donors (Lipinski definition) is 2. The number of hydrogen-bond acceptors (Lipinski definition) is 2. The first-order valence-corrected chi connectivity index (χ1v) is 5.60. The van der Waals surface area contributed by atoms with Gasteiger partial charge < -0.3 is 10.1 Å². The van der Waals surface area contributed by atoms with Crippen molar-refractivity contribution in [2.45, 2.75) is 13.3 Å². The number of rotatable bonds is 3.